The number of halogens is 3. The predicted molar refractivity (Wildman–Crippen MR) is 120 cm³/mol. The number of ether oxygens (including phenoxy) is 1. The quantitative estimate of drug-likeness (QED) is 0.397. The number of carbonyl (C=O) groups excluding carboxylic acids is 1. The van der Waals surface area contributed by atoms with Gasteiger partial charge in [-0.05, 0) is 31.2 Å². The molecule has 0 radical (unpaired) electrons. The molecule has 0 unspecified atom stereocenters. The summed E-state index contributed by atoms with van der Waals surface area (Å²) in [7, 11) is 0. The Hall–Kier alpha value is -2.90. The Morgan fingerprint density at radius 3 is 2.84 bits per heavy atom. The van der Waals surface area contributed by atoms with Crippen molar-refractivity contribution in [3.63, 3.8) is 0 Å². The molecule has 2 aromatic carbocycles. The number of nitrogens with one attached hydrogen (secondary N) is 1. The zero-order chi connectivity index (χ0) is 22.1. The smallest absolute Gasteiger partial charge is 0.245 e. The molecule has 0 bridgehead atoms. The summed E-state index contributed by atoms with van der Waals surface area (Å²) in [5.41, 5.74) is 1.73. The summed E-state index contributed by atoms with van der Waals surface area (Å²) in [5, 5.41) is 3.65. The number of hydrogen-bond acceptors (Lipinski definition) is 5. The average molecular weight is 461 g/mol. The number of amides is 1. The van der Waals surface area contributed by atoms with E-state index in [1.165, 1.54) is 24.5 Å². The molecule has 1 saturated heterocycles. The number of fused-ring (bicyclic) bond motifs is 1. The maximum absolute atomic E-state index is 14.5. The first-order chi connectivity index (χ1) is 14.9. The topological polar surface area (TPSA) is 67.4 Å². The predicted octanol–water partition coefficient (Wildman–Crippen LogP) is 5.33. The molecule has 6 nitrogen and oxygen atoms in total. The minimum Gasteiger partial charge on any atom is -0.494 e. The highest BCUT2D eigenvalue weighted by molar-refractivity contribution is 6.42. The first kappa shape index (κ1) is 21.3. The second-order valence-electron chi connectivity index (χ2n) is 7.05. The minimum atomic E-state index is -0.662. The standard InChI is InChI=1S/C22H19Cl2FN4O2/c1-3-19(30)29-9-12(10-29)13-7-14-17(8-18(13)31-4-2)26-11-27-22(14)28-16-6-5-15(23)20(24)21(16)25/h3,5-8,11-12H,1,4,9-10H2,2H3,(H,26,27,28). The normalized spacial score (nSPS) is 13.7. The summed E-state index contributed by atoms with van der Waals surface area (Å²) in [6.45, 7) is 7.05. The molecule has 160 valence electrons. The van der Waals surface area contributed by atoms with Crippen molar-refractivity contribution in [3.8, 4) is 5.75 Å². The fourth-order valence-corrected chi connectivity index (χ4v) is 3.84. The van der Waals surface area contributed by atoms with E-state index in [0.29, 0.717) is 42.2 Å². The van der Waals surface area contributed by atoms with Crippen LogP contribution in [-0.2, 0) is 4.79 Å². The number of anilines is 2. The van der Waals surface area contributed by atoms with Gasteiger partial charge in [-0.25, -0.2) is 14.4 Å². The van der Waals surface area contributed by atoms with Crippen molar-refractivity contribution >= 4 is 51.5 Å². The van der Waals surface area contributed by atoms with E-state index in [4.69, 9.17) is 27.9 Å². The molecule has 9 heteroatoms. The van der Waals surface area contributed by atoms with Crippen molar-refractivity contribution in [2.24, 2.45) is 0 Å². The second kappa shape index (κ2) is 8.69. The third kappa shape index (κ3) is 4.03. The minimum absolute atomic E-state index is 0.101. The SMILES string of the molecule is C=CC(=O)N1CC(c2cc3c(Nc4ccc(Cl)c(Cl)c4F)ncnc3cc2OCC)C1. The van der Waals surface area contributed by atoms with Gasteiger partial charge in [-0.2, -0.15) is 0 Å². The zero-order valence-electron chi connectivity index (χ0n) is 16.7. The molecule has 4 rings (SSSR count). The van der Waals surface area contributed by atoms with Gasteiger partial charge in [-0.15, -0.1) is 0 Å². The lowest BCUT2D eigenvalue weighted by atomic mass is 9.89. The summed E-state index contributed by atoms with van der Waals surface area (Å²) in [6, 6.07) is 6.78. The molecule has 0 atom stereocenters. The fourth-order valence-electron chi connectivity index (χ4n) is 3.53. The highest BCUT2D eigenvalue weighted by atomic mass is 35.5. The van der Waals surface area contributed by atoms with E-state index in [2.05, 4.69) is 21.9 Å². The van der Waals surface area contributed by atoms with Gasteiger partial charge < -0.3 is 15.0 Å². The first-order valence-electron chi connectivity index (χ1n) is 9.66. The van der Waals surface area contributed by atoms with Crippen molar-refractivity contribution < 1.29 is 13.9 Å². The largest absolute Gasteiger partial charge is 0.494 e. The van der Waals surface area contributed by atoms with Crippen molar-refractivity contribution in [2.45, 2.75) is 12.8 Å². The molecule has 3 aromatic rings. The summed E-state index contributed by atoms with van der Waals surface area (Å²) in [5.74, 6) is 0.464. The van der Waals surface area contributed by atoms with Crippen LogP contribution in [0.4, 0.5) is 15.9 Å². The monoisotopic (exact) mass is 460 g/mol. The van der Waals surface area contributed by atoms with Crippen molar-refractivity contribution in [2.75, 3.05) is 25.0 Å². The van der Waals surface area contributed by atoms with E-state index >= 15 is 0 Å². The molecule has 0 spiro atoms. The van der Waals surface area contributed by atoms with Crippen LogP contribution in [0.1, 0.15) is 18.4 Å². The lowest BCUT2D eigenvalue weighted by molar-refractivity contribution is -0.130. The lowest BCUT2D eigenvalue weighted by Crippen LogP contribution is -2.47. The van der Waals surface area contributed by atoms with E-state index in [0.717, 1.165) is 5.56 Å². The first-order valence-corrected chi connectivity index (χ1v) is 10.4. The third-order valence-electron chi connectivity index (χ3n) is 5.16. The molecule has 0 saturated carbocycles. The molecule has 1 aliphatic heterocycles. The van der Waals surface area contributed by atoms with Crippen LogP contribution in [0.15, 0.2) is 43.2 Å². The van der Waals surface area contributed by atoms with Crippen molar-refractivity contribution in [3.05, 3.63) is 64.7 Å². The number of hydrogen-bond donors (Lipinski definition) is 1. The highest BCUT2D eigenvalue weighted by Gasteiger charge is 2.33. The van der Waals surface area contributed by atoms with Gasteiger partial charge in [0.1, 0.15) is 17.9 Å². The average Bonchev–Trinajstić information content (AvgIpc) is 2.73. The third-order valence-corrected chi connectivity index (χ3v) is 5.94. The molecule has 1 aliphatic rings. The molecular weight excluding hydrogens is 442 g/mol. The van der Waals surface area contributed by atoms with Gasteiger partial charge in [0.25, 0.3) is 0 Å². The molecule has 1 N–H and O–H groups in total. The van der Waals surface area contributed by atoms with Gasteiger partial charge >= 0.3 is 0 Å². The highest BCUT2D eigenvalue weighted by Crippen LogP contribution is 2.39. The number of nitrogens with zero attached hydrogens (tertiary/aromatic N) is 3. The molecule has 0 aliphatic carbocycles. The second-order valence-corrected chi connectivity index (χ2v) is 7.84. The van der Waals surface area contributed by atoms with Crippen LogP contribution in [0.25, 0.3) is 10.9 Å². The van der Waals surface area contributed by atoms with Crippen LogP contribution in [-0.4, -0.2) is 40.5 Å². The van der Waals surface area contributed by atoms with Crippen LogP contribution >= 0.6 is 23.2 Å². The molecule has 1 aromatic heterocycles. The number of rotatable bonds is 6. The van der Waals surface area contributed by atoms with Crippen LogP contribution < -0.4 is 10.1 Å². The van der Waals surface area contributed by atoms with E-state index in [9.17, 15) is 9.18 Å². The van der Waals surface area contributed by atoms with Gasteiger partial charge in [0.05, 0.1) is 27.9 Å². The number of likely N-dealkylation sites (tertiary alicyclic amines) is 1. The van der Waals surface area contributed by atoms with E-state index in [-0.39, 0.29) is 27.6 Å². The molecular formula is C22H19Cl2FN4O2. The van der Waals surface area contributed by atoms with Gasteiger partial charge in [0.2, 0.25) is 5.91 Å². The molecule has 1 amide bonds. The van der Waals surface area contributed by atoms with Crippen molar-refractivity contribution in [1.29, 1.82) is 0 Å². The van der Waals surface area contributed by atoms with Crippen molar-refractivity contribution in [1.82, 2.24) is 14.9 Å². The van der Waals surface area contributed by atoms with Crippen LogP contribution in [0, 0.1) is 5.82 Å². The Bertz CT molecular complexity index is 1180. The van der Waals surface area contributed by atoms with E-state index in [1.54, 1.807) is 4.90 Å². The molecule has 1 fully saturated rings. The van der Waals surface area contributed by atoms with Gasteiger partial charge in [0, 0.05) is 36.0 Å². The molecule has 2 heterocycles. The molecule has 31 heavy (non-hydrogen) atoms. The summed E-state index contributed by atoms with van der Waals surface area (Å²) < 4.78 is 20.4. The Labute approximate surface area is 188 Å². The van der Waals surface area contributed by atoms with E-state index < -0.39 is 5.82 Å². The van der Waals surface area contributed by atoms with Gasteiger partial charge in [-0.3, -0.25) is 4.79 Å². The Balaban J connectivity index is 1.74. The summed E-state index contributed by atoms with van der Waals surface area (Å²) >= 11 is 11.8. The summed E-state index contributed by atoms with van der Waals surface area (Å²) in [4.78, 5) is 22.2. The van der Waals surface area contributed by atoms with Crippen LogP contribution in [0.5, 0.6) is 5.75 Å². The number of carbonyl (C=O) groups is 1. The van der Waals surface area contributed by atoms with Crippen LogP contribution in [0.2, 0.25) is 10.0 Å². The van der Waals surface area contributed by atoms with E-state index in [1.807, 2.05) is 19.1 Å². The van der Waals surface area contributed by atoms with Gasteiger partial charge in [0.15, 0.2) is 5.82 Å². The number of aromatic nitrogens is 2. The fraction of sp³-hybridized carbons (Fsp3) is 0.227. The number of benzene rings is 2. The lowest BCUT2D eigenvalue weighted by Gasteiger charge is -2.39. The van der Waals surface area contributed by atoms with Gasteiger partial charge in [-0.1, -0.05) is 29.8 Å². The summed E-state index contributed by atoms with van der Waals surface area (Å²) in [6.07, 6.45) is 2.70. The Morgan fingerprint density at radius 2 is 2.13 bits per heavy atom. The maximum Gasteiger partial charge on any atom is 0.245 e. The Morgan fingerprint density at radius 1 is 1.35 bits per heavy atom. The van der Waals surface area contributed by atoms with Crippen LogP contribution in [0.3, 0.4) is 0 Å². The zero-order valence-corrected chi connectivity index (χ0v) is 18.2. The Kier molecular flexibility index (Phi) is 5.98. The maximum atomic E-state index is 14.5.